The minimum atomic E-state index is -1.65. The number of alkyl halides is 3. The number of ether oxygens (including phenoxy) is 1. The third kappa shape index (κ3) is 2.92. The molecule has 1 rings (SSSR count). The number of nitrogens with two attached hydrogens (primary N) is 1. The van der Waals surface area contributed by atoms with Crippen molar-refractivity contribution >= 4 is 52.0 Å². The van der Waals surface area contributed by atoms with E-state index < -0.39 is 9.39 Å². The summed E-state index contributed by atoms with van der Waals surface area (Å²) < 4.78 is 4.01. The Balaban J connectivity index is 3.03. The predicted molar refractivity (Wildman–Crippen MR) is 72.6 cm³/mol. The average Bonchev–Trinajstić information content (AvgIpc) is 2.17. The van der Waals surface area contributed by atoms with E-state index in [1.165, 1.54) is 6.92 Å². The van der Waals surface area contributed by atoms with Crippen molar-refractivity contribution in [3.05, 3.63) is 30.3 Å². The molecule has 1 aromatic rings. The smallest absolute Gasteiger partial charge is 0.264 e. The van der Waals surface area contributed by atoms with Crippen LogP contribution in [0.3, 0.4) is 0 Å². The van der Waals surface area contributed by atoms with E-state index in [9.17, 15) is 0 Å². The van der Waals surface area contributed by atoms with Crippen LogP contribution in [0.4, 0.5) is 0 Å². The number of para-hydroxylation sites is 1. The third-order valence-electron chi connectivity index (χ3n) is 1.88. The summed E-state index contributed by atoms with van der Waals surface area (Å²) in [5, 5.41) is -1.65. The van der Waals surface area contributed by atoms with Gasteiger partial charge in [0.25, 0.3) is 5.06 Å². The lowest BCUT2D eigenvalue weighted by atomic mass is 10.2. The molecule has 2 nitrogen and oxygen atoms in total. The topological polar surface area (TPSA) is 35.2 Å². The van der Waals surface area contributed by atoms with Crippen LogP contribution in [0.1, 0.15) is 6.92 Å². The maximum absolute atomic E-state index is 6.13. The summed E-state index contributed by atoms with van der Waals surface area (Å²) in [5.41, 5.74) is 5.51. The van der Waals surface area contributed by atoms with Gasteiger partial charge in [-0.1, -0.05) is 65.2 Å². The van der Waals surface area contributed by atoms with Gasteiger partial charge in [0.05, 0.1) is 0 Å². The molecule has 16 heavy (non-hydrogen) atoms. The van der Waals surface area contributed by atoms with Gasteiger partial charge in [-0.05, 0) is 19.1 Å². The lowest BCUT2D eigenvalue weighted by molar-refractivity contribution is 0.213. The van der Waals surface area contributed by atoms with Crippen molar-refractivity contribution in [3.8, 4) is 5.75 Å². The number of benzene rings is 1. The zero-order chi connectivity index (χ0) is 12.4. The molecule has 0 radical (unpaired) electrons. The van der Waals surface area contributed by atoms with Gasteiger partial charge in [-0.2, -0.15) is 0 Å². The van der Waals surface area contributed by atoms with Gasteiger partial charge in [0.1, 0.15) is 10.7 Å². The first kappa shape index (κ1) is 13.8. The molecule has 1 aromatic carbocycles. The molecule has 6 heteroatoms. The van der Waals surface area contributed by atoms with Gasteiger partial charge in [-0.15, -0.1) is 0 Å². The van der Waals surface area contributed by atoms with E-state index in [0.717, 1.165) is 0 Å². The number of hydrogen-bond acceptors (Lipinski definition) is 2. The molecule has 1 unspecified atom stereocenters. The van der Waals surface area contributed by atoms with Gasteiger partial charge in [-0.3, -0.25) is 0 Å². The van der Waals surface area contributed by atoms with Crippen molar-refractivity contribution in [2.45, 2.75) is 16.3 Å². The number of thiocarbonyl (C=S) groups is 1. The summed E-state index contributed by atoms with van der Waals surface area (Å²) in [6.07, 6.45) is 0. The molecule has 0 aromatic heterocycles. The van der Waals surface area contributed by atoms with Crippen LogP contribution in [0.5, 0.6) is 5.75 Å². The Morgan fingerprint density at radius 1 is 1.25 bits per heavy atom. The van der Waals surface area contributed by atoms with Gasteiger partial charge in [0, 0.05) is 0 Å². The molecule has 0 bridgehead atoms. The second-order valence-electron chi connectivity index (χ2n) is 3.26. The molecule has 0 fully saturated rings. The van der Waals surface area contributed by atoms with Crippen molar-refractivity contribution in [2.24, 2.45) is 5.73 Å². The summed E-state index contributed by atoms with van der Waals surface area (Å²) >= 11 is 22.8. The van der Waals surface area contributed by atoms with Crippen LogP contribution in [0.2, 0.25) is 0 Å². The Kier molecular flexibility index (Phi) is 4.29. The SMILES string of the molecule is CC(Cl)(Cl)C(Cl)(Oc1ccccc1)C(N)=S. The summed E-state index contributed by atoms with van der Waals surface area (Å²) in [7, 11) is 0. The Morgan fingerprint density at radius 3 is 2.12 bits per heavy atom. The number of halogens is 3. The molecule has 0 spiro atoms. The highest BCUT2D eigenvalue weighted by Crippen LogP contribution is 2.40. The van der Waals surface area contributed by atoms with Gasteiger partial charge < -0.3 is 10.5 Å². The zero-order valence-electron chi connectivity index (χ0n) is 8.41. The van der Waals surface area contributed by atoms with E-state index in [4.69, 9.17) is 57.5 Å². The fraction of sp³-hybridized carbons (Fsp3) is 0.300. The van der Waals surface area contributed by atoms with Crippen molar-refractivity contribution in [3.63, 3.8) is 0 Å². The van der Waals surface area contributed by atoms with E-state index >= 15 is 0 Å². The highest BCUT2D eigenvalue weighted by molar-refractivity contribution is 7.80. The van der Waals surface area contributed by atoms with Crippen LogP contribution >= 0.6 is 47.0 Å². The standard InChI is InChI=1S/C10H10Cl3NOS/c1-9(11,12)10(13,8(14)16)15-7-5-3-2-4-6-7/h2-6H,1H3,(H2,14,16). The normalized spacial score (nSPS) is 15.2. The average molecular weight is 299 g/mol. The fourth-order valence-corrected chi connectivity index (χ4v) is 1.73. The van der Waals surface area contributed by atoms with E-state index in [1.807, 2.05) is 6.07 Å². The van der Waals surface area contributed by atoms with Crippen LogP contribution in [-0.4, -0.2) is 14.4 Å². The summed E-state index contributed by atoms with van der Waals surface area (Å²) in [4.78, 5) is -0.120. The summed E-state index contributed by atoms with van der Waals surface area (Å²) in [6, 6.07) is 8.81. The first-order chi connectivity index (χ1) is 7.27. The monoisotopic (exact) mass is 297 g/mol. The molecule has 0 saturated carbocycles. The molecule has 0 heterocycles. The summed E-state index contributed by atoms with van der Waals surface area (Å²) in [6.45, 7) is 1.46. The molecule has 0 aliphatic rings. The third-order valence-corrected chi connectivity index (χ3v) is 3.67. The molecule has 2 N–H and O–H groups in total. The van der Waals surface area contributed by atoms with E-state index in [1.54, 1.807) is 24.3 Å². The van der Waals surface area contributed by atoms with Crippen molar-refractivity contribution in [2.75, 3.05) is 0 Å². The Hall–Kier alpha value is -0.220. The molecule has 0 aliphatic heterocycles. The van der Waals surface area contributed by atoms with Crippen molar-refractivity contribution < 1.29 is 4.74 Å². The second kappa shape index (κ2) is 4.96. The summed E-state index contributed by atoms with van der Waals surface area (Å²) in [5.74, 6) is 0.484. The maximum Gasteiger partial charge on any atom is 0.264 e. The molecule has 1 atom stereocenters. The van der Waals surface area contributed by atoms with E-state index in [-0.39, 0.29) is 4.99 Å². The van der Waals surface area contributed by atoms with E-state index in [0.29, 0.717) is 5.75 Å². The minimum Gasteiger partial charge on any atom is -0.462 e. The maximum atomic E-state index is 6.13. The molecule has 0 saturated heterocycles. The lowest BCUT2D eigenvalue weighted by Gasteiger charge is -2.34. The lowest BCUT2D eigenvalue weighted by Crippen LogP contribution is -2.54. The van der Waals surface area contributed by atoms with Crippen LogP contribution in [-0.2, 0) is 0 Å². The molecular formula is C10H10Cl3NOS. The molecule has 88 valence electrons. The predicted octanol–water partition coefficient (Wildman–Crippen LogP) is 3.48. The van der Waals surface area contributed by atoms with Gasteiger partial charge in [0.2, 0.25) is 0 Å². The first-order valence-corrected chi connectivity index (χ1v) is 5.92. The molecular weight excluding hydrogens is 289 g/mol. The zero-order valence-corrected chi connectivity index (χ0v) is 11.5. The van der Waals surface area contributed by atoms with Crippen LogP contribution in [0.15, 0.2) is 30.3 Å². The van der Waals surface area contributed by atoms with Crippen molar-refractivity contribution in [1.29, 1.82) is 0 Å². The van der Waals surface area contributed by atoms with Crippen molar-refractivity contribution in [1.82, 2.24) is 0 Å². The minimum absolute atomic E-state index is 0.120. The second-order valence-corrected chi connectivity index (χ2v) is 5.94. The van der Waals surface area contributed by atoms with Crippen LogP contribution < -0.4 is 10.5 Å². The van der Waals surface area contributed by atoms with Gasteiger partial charge >= 0.3 is 0 Å². The Labute approximate surface area is 115 Å². The Bertz CT molecular complexity index is 379. The number of hydrogen-bond donors (Lipinski definition) is 1. The van der Waals surface area contributed by atoms with Crippen LogP contribution in [0.25, 0.3) is 0 Å². The fourth-order valence-electron chi connectivity index (χ4n) is 1.01. The highest BCUT2D eigenvalue weighted by atomic mass is 35.5. The molecule has 0 amide bonds. The Morgan fingerprint density at radius 2 is 1.75 bits per heavy atom. The quantitative estimate of drug-likeness (QED) is 0.683. The first-order valence-electron chi connectivity index (χ1n) is 4.38. The highest BCUT2D eigenvalue weighted by Gasteiger charge is 2.50. The van der Waals surface area contributed by atoms with E-state index in [2.05, 4.69) is 0 Å². The van der Waals surface area contributed by atoms with Gasteiger partial charge in [0.15, 0.2) is 4.33 Å². The largest absolute Gasteiger partial charge is 0.462 e. The van der Waals surface area contributed by atoms with Gasteiger partial charge in [-0.25, -0.2) is 0 Å². The van der Waals surface area contributed by atoms with Crippen LogP contribution in [0, 0.1) is 0 Å². The molecule has 0 aliphatic carbocycles. The number of rotatable bonds is 4.